The molecule has 41 heavy (non-hydrogen) atoms. The minimum atomic E-state index is -1.18. The van der Waals surface area contributed by atoms with Crippen molar-refractivity contribution in [3.63, 3.8) is 0 Å². The van der Waals surface area contributed by atoms with Crippen LogP contribution in [0.5, 0.6) is 5.75 Å². The maximum atomic E-state index is 12.9. The largest absolute Gasteiger partial charge is 0.508 e. The highest BCUT2D eigenvalue weighted by Crippen LogP contribution is 2.38. The number of ether oxygens (including phenoxy) is 1. The summed E-state index contributed by atoms with van der Waals surface area (Å²) in [5.41, 5.74) is 4.50. The Kier molecular flexibility index (Phi) is 9.28. The Morgan fingerprint density at radius 2 is 1.73 bits per heavy atom. The third kappa shape index (κ3) is 6.75. The van der Waals surface area contributed by atoms with E-state index in [2.05, 4.69) is 5.32 Å². The normalized spacial score (nSPS) is 27.3. The van der Waals surface area contributed by atoms with Crippen molar-refractivity contribution in [1.82, 2.24) is 10.2 Å². The van der Waals surface area contributed by atoms with E-state index < -0.39 is 37.1 Å². The number of phenols is 1. The molecule has 2 heterocycles. The van der Waals surface area contributed by atoms with Crippen LogP contribution in [0, 0.1) is 12.8 Å². The van der Waals surface area contributed by atoms with Gasteiger partial charge in [0.2, 0.25) is 0 Å². The number of aryl methyl sites for hydroxylation is 1. The number of aliphatic hydroxyl groups is 3. The van der Waals surface area contributed by atoms with Gasteiger partial charge in [0, 0.05) is 18.5 Å². The predicted octanol–water partition coefficient (Wildman–Crippen LogP) is 3.27. The number of aromatic hydroxyl groups is 1. The van der Waals surface area contributed by atoms with Crippen LogP contribution in [0.2, 0.25) is 0 Å². The van der Waals surface area contributed by atoms with Gasteiger partial charge in [0.1, 0.15) is 24.0 Å². The highest BCUT2D eigenvalue weighted by Gasteiger charge is 2.39. The zero-order valence-corrected chi connectivity index (χ0v) is 23.7. The summed E-state index contributed by atoms with van der Waals surface area (Å²) in [6.07, 6.45) is 4.19. The zero-order chi connectivity index (χ0) is 29.1. The molecule has 0 bridgehead atoms. The first-order valence-corrected chi connectivity index (χ1v) is 14.9. The number of imide groups is 1. The molecule has 0 unspecified atom stereocenters. The second-order valence-corrected chi connectivity index (χ2v) is 12.0. The van der Waals surface area contributed by atoms with E-state index in [1.807, 2.05) is 37.3 Å². The number of hydrogen-bond donors (Lipinski definition) is 5. The maximum absolute atomic E-state index is 12.9. The summed E-state index contributed by atoms with van der Waals surface area (Å²) in [5.74, 6) is 0.462. The van der Waals surface area contributed by atoms with E-state index in [0.717, 1.165) is 41.5 Å². The first kappa shape index (κ1) is 29.5. The first-order chi connectivity index (χ1) is 19.7. The van der Waals surface area contributed by atoms with E-state index in [4.69, 9.17) is 4.74 Å². The maximum Gasteiger partial charge on any atom is 0.324 e. The lowest BCUT2D eigenvalue weighted by Gasteiger charge is -2.37. The number of amides is 3. The fourth-order valence-corrected chi connectivity index (χ4v) is 6.50. The van der Waals surface area contributed by atoms with E-state index in [1.165, 1.54) is 24.2 Å². The van der Waals surface area contributed by atoms with Crippen LogP contribution < -0.4 is 5.32 Å². The van der Waals surface area contributed by atoms with Crippen molar-refractivity contribution in [3.05, 3.63) is 64.2 Å². The van der Waals surface area contributed by atoms with Gasteiger partial charge in [-0.15, -0.1) is 0 Å². The van der Waals surface area contributed by atoms with Gasteiger partial charge in [0.25, 0.3) is 5.91 Å². The van der Waals surface area contributed by atoms with E-state index in [9.17, 15) is 30.0 Å². The summed E-state index contributed by atoms with van der Waals surface area (Å²) >= 11 is 0. The van der Waals surface area contributed by atoms with Crippen LogP contribution in [0.4, 0.5) is 4.79 Å². The van der Waals surface area contributed by atoms with Crippen molar-refractivity contribution < 1.29 is 34.8 Å². The van der Waals surface area contributed by atoms with E-state index in [0.29, 0.717) is 30.9 Å². The van der Waals surface area contributed by atoms with Crippen LogP contribution in [0.1, 0.15) is 78.9 Å². The standard InChI is InChI=1S/C32H42N2O7/c1-19-13-26(36)24(28-17-27(37)30(38)29(18-35)41-28)16-23(19)14-22-9-7-20(8-10-22)11-12-34-31(39)25(33-32(34)40)15-21-5-3-2-4-6-21/h7-10,13,16,21,25,27-30,35-38H,2-6,11-12,14-15,17-18H2,1H3,(H,33,40)/t25-,27+,28+,29+,30-/m0/s1. The molecule has 5 rings (SSSR count). The molecule has 222 valence electrons. The summed E-state index contributed by atoms with van der Waals surface area (Å²) in [6, 6.07) is 10.9. The molecule has 2 aliphatic heterocycles. The molecule has 3 fully saturated rings. The van der Waals surface area contributed by atoms with Gasteiger partial charge in [-0.3, -0.25) is 9.69 Å². The minimum absolute atomic E-state index is 0.0494. The topological polar surface area (TPSA) is 140 Å². The third-order valence-electron chi connectivity index (χ3n) is 9.02. The lowest BCUT2D eigenvalue weighted by molar-refractivity contribution is -0.181. The van der Waals surface area contributed by atoms with Crippen LogP contribution in [0.25, 0.3) is 0 Å². The SMILES string of the molecule is Cc1cc(O)c([C@H]2C[C@@H](O)[C@H](O)[C@@H](CO)O2)cc1Cc1ccc(CCN2C(=O)N[C@@H](CC3CCCCC3)C2=O)cc1. The van der Waals surface area contributed by atoms with Crippen molar-refractivity contribution in [2.75, 3.05) is 13.2 Å². The lowest BCUT2D eigenvalue weighted by Crippen LogP contribution is -2.47. The van der Waals surface area contributed by atoms with E-state index in [-0.39, 0.29) is 24.1 Å². The number of carbonyl (C=O) groups excluding carboxylic acids is 2. The number of rotatable bonds is 9. The number of phenolic OH excluding ortho intramolecular Hbond substituents is 1. The molecule has 0 aromatic heterocycles. The van der Waals surface area contributed by atoms with Crippen molar-refractivity contribution in [2.24, 2.45) is 5.92 Å². The molecule has 9 heteroatoms. The molecule has 1 saturated carbocycles. The van der Waals surface area contributed by atoms with Gasteiger partial charge < -0.3 is 30.5 Å². The van der Waals surface area contributed by atoms with Crippen LogP contribution in [0.3, 0.4) is 0 Å². The number of urea groups is 1. The Morgan fingerprint density at radius 1 is 1.02 bits per heavy atom. The van der Waals surface area contributed by atoms with Crippen LogP contribution >= 0.6 is 0 Å². The summed E-state index contributed by atoms with van der Waals surface area (Å²) in [4.78, 5) is 26.8. The summed E-state index contributed by atoms with van der Waals surface area (Å²) in [6.45, 7) is 1.84. The van der Waals surface area contributed by atoms with E-state index >= 15 is 0 Å². The third-order valence-corrected chi connectivity index (χ3v) is 9.02. The highest BCUT2D eigenvalue weighted by molar-refractivity contribution is 6.04. The number of aliphatic hydroxyl groups excluding tert-OH is 3. The van der Waals surface area contributed by atoms with Crippen molar-refractivity contribution >= 4 is 11.9 Å². The highest BCUT2D eigenvalue weighted by atomic mass is 16.5. The lowest BCUT2D eigenvalue weighted by atomic mass is 9.85. The Bertz CT molecular complexity index is 1230. The molecule has 1 aliphatic carbocycles. The van der Waals surface area contributed by atoms with Crippen molar-refractivity contribution in [1.29, 1.82) is 0 Å². The van der Waals surface area contributed by atoms with Gasteiger partial charge in [-0.1, -0.05) is 56.4 Å². The van der Waals surface area contributed by atoms with Crippen molar-refractivity contribution in [3.8, 4) is 5.75 Å². The average molecular weight is 567 g/mol. The van der Waals surface area contributed by atoms with Gasteiger partial charge in [-0.25, -0.2) is 4.79 Å². The molecule has 3 aliphatic rings. The molecule has 0 radical (unpaired) electrons. The summed E-state index contributed by atoms with van der Waals surface area (Å²) < 4.78 is 5.80. The summed E-state index contributed by atoms with van der Waals surface area (Å²) in [7, 11) is 0. The fraction of sp³-hybridized carbons (Fsp3) is 0.562. The van der Waals surface area contributed by atoms with Crippen LogP contribution in [-0.2, 0) is 22.4 Å². The molecule has 2 saturated heterocycles. The summed E-state index contributed by atoms with van der Waals surface area (Å²) in [5, 5.41) is 43.3. The molecular formula is C32H42N2O7. The Hall–Kier alpha value is -2.98. The smallest absolute Gasteiger partial charge is 0.324 e. The number of nitrogens with one attached hydrogen (secondary N) is 1. The van der Waals surface area contributed by atoms with E-state index in [1.54, 1.807) is 6.07 Å². The zero-order valence-electron chi connectivity index (χ0n) is 23.7. The van der Waals surface area contributed by atoms with Gasteiger partial charge in [0.05, 0.1) is 18.8 Å². The predicted molar refractivity (Wildman–Crippen MR) is 152 cm³/mol. The van der Waals surface area contributed by atoms with Gasteiger partial charge in [0.15, 0.2) is 0 Å². The minimum Gasteiger partial charge on any atom is -0.508 e. The number of hydrogen-bond acceptors (Lipinski definition) is 7. The number of benzene rings is 2. The van der Waals surface area contributed by atoms with Gasteiger partial charge in [-0.2, -0.15) is 0 Å². The molecule has 2 aromatic carbocycles. The monoisotopic (exact) mass is 566 g/mol. The second-order valence-electron chi connectivity index (χ2n) is 12.0. The molecular weight excluding hydrogens is 524 g/mol. The second kappa shape index (κ2) is 12.9. The fourth-order valence-electron chi connectivity index (χ4n) is 6.50. The molecule has 2 aromatic rings. The Balaban J connectivity index is 1.19. The molecule has 3 amide bonds. The molecule has 5 N–H and O–H groups in total. The van der Waals surface area contributed by atoms with Crippen molar-refractivity contribution in [2.45, 2.75) is 95.2 Å². The Labute approximate surface area is 241 Å². The Morgan fingerprint density at radius 3 is 2.44 bits per heavy atom. The number of nitrogens with zero attached hydrogens (tertiary/aromatic N) is 1. The molecule has 5 atom stereocenters. The average Bonchev–Trinajstić information content (AvgIpc) is 3.23. The van der Waals surface area contributed by atoms with Crippen LogP contribution in [-0.4, -0.2) is 74.8 Å². The van der Waals surface area contributed by atoms with Gasteiger partial charge in [-0.05, 0) is 66.5 Å². The molecule has 0 spiro atoms. The quantitative estimate of drug-likeness (QED) is 0.294. The molecule has 9 nitrogen and oxygen atoms in total. The first-order valence-electron chi connectivity index (χ1n) is 14.9. The van der Waals surface area contributed by atoms with Gasteiger partial charge >= 0.3 is 6.03 Å². The number of carbonyl (C=O) groups is 2. The van der Waals surface area contributed by atoms with Crippen LogP contribution in [0.15, 0.2) is 36.4 Å².